The third-order valence-electron chi connectivity index (χ3n) is 3.23. The Hall–Kier alpha value is -1.84. The number of aryl methyl sites for hydroxylation is 2. The van der Waals surface area contributed by atoms with Crippen LogP contribution in [0.15, 0.2) is 18.2 Å². The summed E-state index contributed by atoms with van der Waals surface area (Å²) < 4.78 is 0. The number of benzene rings is 1. The van der Waals surface area contributed by atoms with Crippen LogP contribution >= 0.6 is 0 Å². The number of aliphatic carboxylic acids is 1. The molecule has 4 heteroatoms. The Kier molecular flexibility index (Phi) is 5.10. The molecule has 1 unspecified atom stereocenters. The molecule has 1 amide bonds. The van der Waals surface area contributed by atoms with Gasteiger partial charge in [0.25, 0.3) is 5.91 Å². The van der Waals surface area contributed by atoms with E-state index in [1.54, 1.807) is 6.07 Å². The summed E-state index contributed by atoms with van der Waals surface area (Å²) in [5.41, 5.74) is 2.59. The topological polar surface area (TPSA) is 66.4 Å². The summed E-state index contributed by atoms with van der Waals surface area (Å²) in [5, 5.41) is 11.8. The Bertz CT molecular complexity index is 480. The molecule has 19 heavy (non-hydrogen) atoms. The lowest BCUT2D eigenvalue weighted by Gasteiger charge is -2.17. The Morgan fingerprint density at radius 3 is 2.37 bits per heavy atom. The first-order valence-electron chi connectivity index (χ1n) is 6.41. The molecule has 0 aromatic heterocycles. The molecule has 1 aromatic rings. The number of rotatable bonds is 5. The summed E-state index contributed by atoms with van der Waals surface area (Å²) in [4.78, 5) is 23.1. The molecular weight excluding hydrogens is 242 g/mol. The van der Waals surface area contributed by atoms with Gasteiger partial charge >= 0.3 is 5.97 Å². The maximum absolute atomic E-state index is 12.0. The first-order valence-corrected chi connectivity index (χ1v) is 6.41. The van der Waals surface area contributed by atoms with E-state index in [-0.39, 0.29) is 18.4 Å². The van der Waals surface area contributed by atoms with Crippen molar-refractivity contribution in [3.8, 4) is 0 Å². The van der Waals surface area contributed by atoms with Crippen molar-refractivity contribution in [1.82, 2.24) is 5.32 Å². The Balaban J connectivity index is 2.72. The van der Waals surface area contributed by atoms with Crippen LogP contribution < -0.4 is 5.32 Å². The summed E-state index contributed by atoms with van der Waals surface area (Å²) in [6.07, 6.45) is 0. The highest BCUT2D eigenvalue weighted by Gasteiger charge is 2.22. The Labute approximate surface area is 113 Å². The van der Waals surface area contributed by atoms with Gasteiger partial charge in [0, 0.05) is 12.1 Å². The van der Waals surface area contributed by atoms with Crippen LogP contribution in [-0.2, 0) is 4.79 Å². The van der Waals surface area contributed by atoms with E-state index >= 15 is 0 Å². The Morgan fingerprint density at radius 1 is 1.26 bits per heavy atom. The number of amides is 1. The fourth-order valence-electron chi connectivity index (χ4n) is 1.97. The average Bonchev–Trinajstić information content (AvgIpc) is 2.27. The zero-order valence-corrected chi connectivity index (χ0v) is 11.9. The number of nitrogens with one attached hydrogen (secondary N) is 1. The molecule has 0 saturated carbocycles. The van der Waals surface area contributed by atoms with Gasteiger partial charge in [0.15, 0.2) is 0 Å². The summed E-state index contributed by atoms with van der Waals surface area (Å²) in [6.45, 7) is 7.66. The van der Waals surface area contributed by atoms with E-state index in [4.69, 9.17) is 5.11 Å². The summed E-state index contributed by atoms with van der Waals surface area (Å²) in [7, 11) is 0. The second-order valence-electron chi connectivity index (χ2n) is 5.22. The van der Waals surface area contributed by atoms with Gasteiger partial charge in [-0.05, 0) is 31.4 Å². The van der Waals surface area contributed by atoms with Crippen LogP contribution in [0.2, 0.25) is 0 Å². The van der Waals surface area contributed by atoms with Gasteiger partial charge < -0.3 is 10.4 Å². The number of hydrogen-bond acceptors (Lipinski definition) is 2. The third-order valence-corrected chi connectivity index (χ3v) is 3.23. The molecule has 1 aromatic carbocycles. The molecule has 4 nitrogen and oxygen atoms in total. The van der Waals surface area contributed by atoms with E-state index in [9.17, 15) is 9.59 Å². The number of carboxylic acids is 1. The van der Waals surface area contributed by atoms with Crippen LogP contribution in [0.4, 0.5) is 0 Å². The first kappa shape index (κ1) is 15.2. The van der Waals surface area contributed by atoms with Crippen LogP contribution in [0.3, 0.4) is 0 Å². The minimum Gasteiger partial charge on any atom is -0.481 e. The van der Waals surface area contributed by atoms with Crippen molar-refractivity contribution in [2.24, 2.45) is 11.8 Å². The smallest absolute Gasteiger partial charge is 0.308 e. The van der Waals surface area contributed by atoms with Crippen LogP contribution in [0.1, 0.15) is 35.3 Å². The summed E-state index contributed by atoms with van der Waals surface area (Å²) in [5.74, 6) is -1.67. The molecule has 1 atom stereocenters. The molecule has 1 rings (SSSR count). The van der Waals surface area contributed by atoms with Gasteiger partial charge in [-0.3, -0.25) is 9.59 Å². The van der Waals surface area contributed by atoms with Crippen molar-refractivity contribution in [3.63, 3.8) is 0 Å². The van der Waals surface area contributed by atoms with E-state index in [1.807, 2.05) is 39.8 Å². The number of carbonyl (C=O) groups is 2. The van der Waals surface area contributed by atoms with E-state index in [0.717, 1.165) is 11.1 Å². The van der Waals surface area contributed by atoms with Crippen molar-refractivity contribution in [3.05, 3.63) is 34.9 Å². The number of hydrogen-bond donors (Lipinski definition) is 2. The maximum Gasteiger partial charge on any atom is 0.308 e. The molecule has 2 N–H and O–H groups in total. The highest BCUT2D eigenvalue weighted by atomic mass is 16.4. The van der Waals surface area contributed by atoms with Gasteiger partial charge in [0.1, 0.15) is 0 Å². The Morgan fingerprint density at radius 2 is 1.89 bits per heavy atom. The standard InChI is InChI=1S/C15H21NO3/c1-9(2)13(15(18)19)8-16-14(17)12-6-5-10(3)7-11(12)4/h5-7,9,13H,8H2,1-4H3,(H,16,17)(H,18,19). The molecule has 0 spiro atoms. The molecule has 0 fully saturated rings. The SMILES string of the molecule is Cc1ccc(C(=O)NCC(C(=O)O)C(C)C)c(C)c1. The van der Waals surface area contributed by atoms with Crippen molar-refractivity contribution in [2.45, 2.75) is 27.7 Å². The van der Waals surface area contributed by atoms with Crippen LogP contribution in [0, 0.1) is 25.7 Å². The predicted molar refractivity (Wildman–Crippen MR) is 74.2 cm³/mol. The minimum atomic E-state index is -0.879. The lowest BCUT2D eigenvalue weighted by atomic mass is 9.96. The van der Waals surface area contributed by atoms with Crippen molar-refractivity contribution < 1.29 is 14.7 Å². The van der Waals surface area contributed by atoms with Gasteiger partial charge in [-0.25, -0.2) is 0 Å². The number of carbonyl (C=O) groups excluding carboxylic acids is 1. The minimum absolute atomic E-state index is 0.0167. The second-order valence-corrected chi connectivity index (χ2v) is 5.22. The van der Waals surface area contributed by atoms with Crippen LogP contribution in [0.25, 0.3) is 0 Å². The molecule has 0 aliphatic heterocycles. The summed E-state index contributed by atoms with van der Waals surface area (Å²) >= 11 is 0. The normalized spacial score (nSPS) is 12.3. The van der Waals surface area contributed by atoms with Gasteiger partial charge in [-0.15, -0.1) is 0 Å². The second kappa shape index (κ2) is 6.36. The van der Waals surface area contributed by atoms with Gasteiger partial charge in [-0.1, -0.05) is 31.5 Å². The molecule has 0 aliphatic carbocycles. The average molecular weight is 263 g/mol. The van der Waals surface area contributed by atoms with Crippen molar-refractivity contribution in [2.75, 3.05) is 6.54 Å². The number of carboxylic acid groups (broad SMARTS) is 1. The van der Waals surface area contributed by atoms with Gasteiger partial charge in [0.05, 0.1) is 5.92 Å². The lowest BCUT2D eigenvalue weighted by molar-refractivity contribution is -0.142. The van der Waals surface area contributed by atoms with E-state index in [1.165, 1.54) is 0 Å². The largest absolute Gasteiger partial charge is 0.481 e. The van der Waals surface area contributed by atoms with E-state index < -0.39 is 11.9 Å². The van der Waals surface area contributed by atoms with Crippen LogP contribution in [0.5, 0.6) is 0 Å². The highest BCUT2D eigenvalue weighted by Crippen LogP contribution is 2.12. The maximum atomic E-state index is 12.0. The third kappa shape index (κ3) is 4.09. The van der Waals surface area contributed by atoms with Gasteiger partial charge in [-0.2, -0.15) is 0 Å². The van der Waals surface area contributed by atoms with E-state index in [2.05, 4.69) is 5.32 Å². The fraction of sp³-hybridized carbons (Fsp3) is 0.467. The predicted octanol–water partition coefficient (Wildman–Crippen LogP) is 2.39. The molecule has 0 aliphatic rings. The zero-order valence-electron chi connectivity index (χ0n) is 11.9. The van der Waals surface area contributed by atoms with Crippen molar-refractivity contribution >= 4 is 11.9 Å². The first-order chi connectivity index (χ1) is 8.82. The monoisotopic (exact) mass is 263 g/mol. The fourth-order valence-corrected chi connectivity index (χ4v) is 1.97. The quantitative estimate of drug-likeness (QED) is 0.857. The van der Waals surface area contributed by atoms with Gasteiger partial charge in [0.2, 0.25) is 0 Å². The van der Waals surface area contributed by atoms with Crippen molar-refractivity contribution in [1.29, 1.82) is 0 Å². The van der Waals surface area contributed by atoms with E-state index in [0.29, 0.717) is 5.56 Å². The molecule has 104 valence electrons. The molecular formula is C15H21NO3. The highest BCUT2D eigenvalue weighted by molar-refractivity contribution is 5.95. The molecule has 0 saturated heterocycles. The lowest BCUT2D eigenvalue weighted by Crippen LogP contribution is -2.35. The molecule has 0 radical (unpaired) electrons. The molecule has 0 bridgehead atoms. The zero-order chi connectivity index (χ0) is 14.6. The van der Waals surface area contributed by atoms with Crippen LogP contribution in [-0.4, -0.2) is 23.5 Å². The molecule has 0 heterocycles. The summed E-state index contributed by atoms with van der Waals surface area (Å²) in [6, 6.07) is 5.58.